The number of thioether (sulfide) groups is 1. The van der Waals surface area contributed by atoms with Gasteiger partial charge in [0.2, 0.25) is 5.91 Å². The Morgan fingerprint density at radius 3 is 2.21 bits per heavy atom. The van der Waals surface area contributed by atoms with Crippen LogP contribution in [0.5, 0.6) is 0 Å². The summed E-state index contributed by atoms with van der Waals surface area (Å²) in [5.74, 6) is -0.740. The summed E-state index contributed by atoms with van der Waals surface area (Å²) in [6.07, 6.45) is 2.98. The molecule has 1 saturated carbocycles. The monoisotopic (exact) mass is 601 g/mol. The van der Waals surface area contributed by atoms with Gasteiger partial charge < -0.3 is 19.7 Å². The Balaban J connectivity index is 1.33. The van der Waals surface area contributed by atoms with E-state index in [1.807, 2.05) is 65.6 Å². The van der Waals surface area contributed by atoms with E-state index in [0.29, 0.717) is 35.9 Å². The van der Waals surface area contributed by atoms with Crippen molar-refractivity contribution in [3.8, 4) is 0 Å². The number of allylic oxidation sites excluding steroid dienone is 1. The number of esters is 1. The van der Waals surface area contributed by atoms with Crippen LogP contribution in [0.2, 0.25) is 0 Å². The molecule has 2 saturated heterocycles. The van der Waals surface area contributed by atoms with Gasteiger partial charge in [-0.05, 0) is 62.8 Å². The number of nitrogens with one attached hydrogen (secondary N) is 1. The number of amides is 3. The van der Waals surface area contributed by atoms with Crippen molar-refractivity contribution >= 4 is 35.6 Å². The normalized spacial score (nSPS) is 22.9. The zero-order chi connectivity index (χ0) is 30.3. The van der Waals surface area contributed by atoms with Crippen LogP contribution < -0.4 is 5.32 Å². The molecule has 9 nitrogen and oxygen atoms in total. The van der Waals surface area contributed by atoms with Crippen molar-refractivity contribution in [3.05, 3.63) is 94.7 Å². The van der Waals surface area contributed by atoms with E-state index in [1.165, 1.54) is 16.7 Å². The summed E-state index contributed by atoms with van der Waals surface area (Å²) < 4.78 is 11.6. The summed E-state index contributed by atoms with van der Waals surface area (Å²) in [7, 11) is 0. The number of nitrogens with zero attached hydrogens (tertiary/aromatic N) is 2. The first kappa shape index (κ1) is 29.0. The number of alkyl carbamates (subject to hydrolysis) is 1. The molecule has 2 atom stereocenters. The number of carbonyl (C=O) groups excluding carboxylic acids is 4. The molecule has 10 heteroatoms. The lowest BCUT2D eigenvalue weighted by Crippen LogP contribution is -2.70. The Morgan fingerprint density at radius 1 is 1.00 bits per heavy atom. The minimum atomic E-state index is -0.852. The van der Waals surface area contributed by atoms with Gasteiger partial charge in [0.15, 0.2) is 6.10 Å². The number of rotatable bonds is 7. The van der Waals surface area contributed by atoms with E-state index in [1.54, 1.807) is 26.8 Å². The third-order valence-electron chi connectivity index (χ3n) is 7.79. The van der Waals surface area contributed by atoms with E-state index >= 15 is 0 Å². The van der Waals surface area contributed by atoms with Gasteiger partial charge in [0.25, 0.3) is 5.91 Å². The largest absolute Gasteiger partial charge is 0.448 e. The number of ether oxygens (including phenoxy) is 2. The minimum Gasteiger partial charge on any atom is -0.448 e. The first-order valence-electron chi connectivity index (χ1n) is 14.6. The molecule has 0 spiro atoms. The molecule has 3 heterocycles. The van der Waals surface area contributed by atoms with E-state index in [4.69, 9.17) is 9.47 Å². The Labute approximate surface area is 255 Å². The lowest BCUT2D eigenvalue weighted by Gasteiger charge is -2.49. The SMILES string of the molecule is CC(C)(C)OC(=O)N[C@@H]1C(=O)N2C(C(=O)OC(c3ccccc3)c3ccccc3)=C(/C=C3/CCN(C4CC4)C3=O)CS[C@H]12. The van der Waals surface area contributed by atoms with E-state index < -0.39 is 41.1 Å². The summed E-state index contributed by atoms with van der Waals surface area (Å²) in [4.78, 5) is 56.7. The molecular weight excluding hydrogens is 566 g/mol. The average molecular weight is 602 g/mol. The van der Waals surface area contributed by atoms with Gasteiger partial charge in [0.05, 0.1) is 0 Å². The maximum Gasteiger partial charge on any atom is 0.408 e. The second kappa shape index (κ2) is 11.6. The van der Waals surface area contributed by atoms with Crippen molar-refractivity contribution in [1.82, 2.24) is 15.1 Å². The molecule has 4 aliphatic rings. The molecule has 3 fully saturated rings. The van der Waals surface area contributed by atoms with Gasteiger partial charge in [0, 0.05) is 23.9 Å². The second-order valence-electron chi connectivity index (χ2n) is 12.2. The van der Waals surface area contributed by atoms with Gasteiger partial charge in [-0.2, -0.15) is 0 Å². The van der Waals surface area contributed by atoms with Gasteiger partial charge in [0.1, 0.15) is 22.7 Å². The number of hydrogen-bond acceptors (Lipinski definition) is 7. The molecule has 2 aromatic rings. The third-order valence-corrected chi connectivity index (χ3v) is 9.09. The van der Waals surface area contributed by atoms with Crippen molar-refractivity contribution in [2.24, 2.45) is 0 Å². The van der Waals surface area contributed by atoms with E-state index in [2.05, 4.69) is 5.32 Å². The smallest absolute Gasteiger partial charge is 0.408 e. The van der Waals surface area contributed by atoms with Crippen LogP contribution in [0, 0.1) is 0 Å². The molecule has 0 radical (unpaired) electrons. The van der Waals surface area contributed by atoms with E-state index in [0.717, 1.165) is 24.0 Å². The Bertz CT molecular complexity index is 1460. The summed E-state index contributed by atoms with van der Waals surface area (Å²) in [5, 5.41) is 2.16. The summed E-state index contributed by atoms with van der Waals surface area (Å²) in [5.41, 5.74) is 2.15. The van der Waals surface area contributed by atoms with Crippen molar-refractivity contribution in [3.63, 3.8) is 0 Å². The molecule has 1 N–H and O–H groups in total. The Hall–Kier alpha value is -4.05. The van der Waals surface area contributed by atoms with Gasteiger partial charge in [-0.15, -0.1) is 11.8 Å². The summed E-state index contributed by atoms with van der Waals surface area (Å²) in [6, 6.07) is 18.3. The topological polar surface area (TPSA) is 105 Å². The van der Waals surface area contributed by atoms with E-state index in [9.17, 15) is 19.2 Å². The number of hydrogen-bond donors (Lipinski definition) is 1. The predicted octanol–water partition coefficient (Wildman–Crippen LogP) is 4.70. The molecule has 6 rings (SSSR count). The van der Waals surface area contributed by atoms with Crippen LogP contribution in [0.1, 0.15) is 57.3 Å². The fourth-order valence-electron chi connectivity index (χ4n) is 5.64. The van der Waals surface area contributed by atoms with Crippen LogP contribution >= 0.6 is 11.8 Å². The van der Waals surface area contributed by atoms with Crippen LogP contribution in [-0.2, 0) is 23.9 Å². The molecular formula is C33H35N3O6S. The van der Waals surface area contributed by atoms with Crippen molar-refractivity contribution in [2.75, 3.05) is 12.3 Å². The molecule has 0 bridgehead atoms. The van der Waals surface area contributed by atoms with Crippen LogP contribution in [0.15, 0.2) is 83.6 Å². The van der Waals surface area contributed by atoms with Crippen molar-refractivity contribution in [2.45, 2.75) is 69.2 Å². The highest BCUT2D eigenvalue weighted by Gasteiger charge is 2.55. The Kier molecular flexibility index (Phi) is 7.81. The van der Waals surface area contributed by atoms with Gasteiger partial charge in [-0.25, -0.2) is 9.59 Å². The van der Waals surface area contributed by atoms with E-state index in [-0.39, 0.29) is 11.6 Å². The minimum absolute atomic E-state index is 0.0132. The standard InChI is InChI=1S/C33H35N3O6S/c1-33(2,3)42-32(40)34-25-29(38)36-26(23(19-43-30(25)36)18-22-16-17-35(28(22)37)24-14-15-24)31(39)41-27(20-10-6-4-7-11-20)21-12-8-5-9-13-21/h4-13,18,24-25,27,30H,14-17,19H2,1-3H3,(H,34,40)/b22-18-/t25-,30-/m1/s1. The highest BCUT2D eigenvalue weighted by molar-refractivity contribution is 8.00. The number of fused-ring (bicyclic) bond motifs is 1. The van der Waals surface area contributed by atoms with Crippen LogP contribution in [-0.4, -0.2) is 69.0 Å². The average Bonchev–Trinajstić information content (AvgIpc) is 3.77. The zero-order valence-electron chi connectivity index (χ0n) is 24.4. The molecule has 3 amide bonds. The first-order chi connectivity index (χ1) is 20.6. The molecule has 0 unspecified atom stereocenters. The predicted molar refractivity (Wildman–Crippen MR) is 162 cm³/mol. The lowest BCUT2D eigenvalue weighted by atomic mass is 10.00. The number of benzene rings is 2. The number of β-lactam (4-membered cyclic amide) rings is 1. The molecule has 43 heavy (non-hydrogen) atoms. The van der Waals surface area contributed by atoms with Crippen LogP contribution in [0.25, 0.3) is 0 Å². The van der Waals surface area contributed by atoms with Gasteiger partial charge in [-0.1, -0.05) is 60.7 Å². The lowest BCUT2D eigenvalue weighted by molar-refractivity contribution is -0.153. The van der Waals surface area contributed by atoms with Crippen LogP contribution in [0.4, 0.5) is 4.79 Å². The fraction of sp³-hybridized carbons (Fsp3) is 0.394. The molecule has 3 aliphatic heterocycles. The highest BCUT2D eigenvalue weighted by atomic mass is 32.2. The summed E-state index contributed by atoms with van der Waals surface area (Å²) in [6.45, 7) is 5.90. The van der Waals surface area contributed by atoms with Crippen LogP contribution in [0.3, 0.4) is 0 Å². The molecule has 0 aromatic heterocycles. The molecule has 1 aliphatic carbocycles. The van der Waals surface area contributed by atoms with Crippen molar-refractivity contribution in [1.29, 1.82) is 0 Å². The summed E-state index contributed by atoms with van der Waals surface area (Å²) >= 11 is 1.43. The second-order valence-corrected chi connectivity index (χ2v) is 13.3. The number of carbonyl (C=O) groups is 4. The highest BCUT2D eigenvalue weighted by Crippen LogP contribution is 2.43. The first-order valence-corrected chi connectivity index (χ1v) is 15.7. The maximum absolute atomic E-state index is 14.1. The molecule has 224 valence electrons. The quantitative estimate of drug-likeness (QED) is 0.279. The van der Waals surface area contributed by atoms with Gasteiger partial charge >= 0.3 is 12.1 Å². The maximum atomic E-state index is 14.1. The molecule has 2 aromatic carbocycles. The Morgan fingerprint density at radius 2 is 1.63 bits per heavy atom. The van der Waals surface area contributed by atoms with Gasteiger partial charge in [-0.3, -0.25) is 14.5 Å². The zero-order valence-corrected chi connectivity index (χ0v) is 25.3. The van der Waals surface area contributed by atoms with Crippen molar-refractivity contribution < 1.29 is 28.7 Å². The fourth-order valence-corrected chi connectivity index (χ4v) is 6.94. The third kappa shape index (κ3) is 6.06. The number of likely N-dealkylation sites (tertiary alicyclic amines) is 1.